The first kappa shape index (κ1) is 28.1. The van der Waals surface area contributed by atoms with Crippen LogP contribution in [0.2, 0.25) is 0 Å². The number of nitrogens with zero attached hydrogens (tertiary/aromatic N) is 6. The maximum absolute atomic E-state index is 5.57. The molecule has 3 aliphatic heterocycles. The van der Waals surface area contributed by atoms with Crippen molar-refractivity contribution in [3.63, 3.8) is 0 Å². The van der Waals surface area contributed by atoms with Gasteiger partial charge in [0.1, 0.15) is 16.9 Å². The highest BCUT2D eigenvalue weighted by molar-refractivity contribution is 5.98. The summed E-state index contributed by atoms with van der Waals surface area (Å²) in [5, 5.41) is 6.93. The number of likely N-dealkylation sites (N-methyl/N-ethyl adjacent to an activating group) is 1. The first-order chi connectivity index (χ1) is 20.0. The molecule has 0 saturated carbocycles. The normalized spacial score (nSPS) is 20.0. The lowest BCUT2D eigenvalue weighted by molar-refractivity contribution is 0.0903. The van der Waals surface area contributed by atoms with Crippen molar-refractivity contribution in [2.75, 3.05) is 82.1 Å². The molecule has 3 fully saturated rings. The van der Waals surface area contributed by atoms with E-state index in [-0.39, 0.29) is 0 Å². The van der Waals surface area contributed by atoms with Gasteiger partial charge in [0.25, 0.3) is 0 Å². The third kappa shape index (κ3) is 5.98. The number of hydrogen-bond donors (Lipinski definition) is 2. The molecule has 0 unspecified atom stereocenters. The van der Waals surface area contributed by atoms with Gasteiger partial charge in [-0.1, -0.05) is 13.0 Å². The molecule has 41 heavy (non-hydrogen) atoms. The van der Waals surface area contributed by atoms with Crippen molar-refractivity contribution < 1.29 is 4.74 Å². The molecule has 3 saturated heterocycles. The number of nitrogens with one attached hydrogen (secondary N) is 2. The second-order valence-electron chi connectivity index (χ2n) is 11.9. The Hall–Kier alpha value is -3.01. The molecule has 1 aromatic carbocycles. The summed E-state index contributed by atoms with van der Waals surface area (Å²) in [5.74, 6) is 1.65. The smallest absolute Gasteiger partial charge is 0.153 e. The van der Waals surface area contributed by atoms with Crippen LogP contribution in [0.25, 0.3) is 22.2 Å². The zero-order chi connectivity index (χ0) is 28.3. The molecule has 3 aromatic rings. The first-order valence-electron chi connectivity index (χ1n) is 15.5. The third-order valence-electron chi connectivity index (χ3n) is 9.29. The van der Waals surface area contributed by atoms with Crippen molar-refractivity contribution in [1.29, 1.82) is 0 Å². The molecule has 220 valence electrons. The van der Waals surface area contributed by atoms with Gasteiger partial charge in [0, 0.05) is 89.1 Å². The fourth-order valence-corrected chi connectivity index (χ4v) is 6.67. The second-order valence-corrected chi connectivity index (χ2v) is 11.9. The summed E-state index contributed by atoms with van der Waals surface area (Å²) in [5.41, 5.74) is 7.44. The molecule has 6 rings (SSSR count). The van der Waals surface area contributed by atoms with Crippen molar-refractivity contribution in [3.05, 3.63) is 35.7 Å². The predicted octanol–water partition coefficient (Wildman–Crippen LogP) is 4.41. The standard InChI is InChI=1S/C32H46N8O/c1-5-28-31(35-23-10-18-41-19-11-23)37-29-27(21-34-32(33-3)30(29)36-28)26-7-6-25(20-22(26)2)39-12-8-24(9-13-39)40-16-14-38(4)15-17-40/h6-7,20-21,23-24H,5,8-19H2,1-4H3,(H,33,34)(H,35,37). The van der Waals surface area contributed by atoms with E-state index in [0.717, 1.165) is 91.1 Å². The number of piperidine rings is 1. The van der Waals surface area contributed by atoms with Crippen LogP contribution in [0.15, 0.2) is 24.4 Å². The average Bonchev–Trinajstić information content (AvgIpc) is 3.01. The van der Waals surface area contributed by atoms with Crippen LogP contribution in [-0.2, 0) is 11.2 Å². The van der Waals surface area contributed by atoms with Crippen LogP contribution in [0.1, 0.15) is 43.9 Å². The average molecular weight is 559 g/mol. The Morgan fingerprint density at radius 3 is 2.34 bits per heavy atom. The maximum Gasteiger partial charge on any atom is 0.153 e. The molecular formula is C32H46N8O. The van der Waals surface area contributed by atoms with Gasteiger partial charge in [0.2, 0.25) is 0 Å². The molecule has 3 aliphatic rings. The zero-order valence-corrected chi connectivity index (χ0v) is 25.2. The van der Waals surface area contributed by atoms with Gasteiger partial charge in [-0.25, -0.2) is 15.0 Å². The summed E-state index contributed by atoms with van der Waals surface area (Å²) in [6.07, 6.45) is 7.21. The van der Waals surface area contributed by atoms with E-state index in [4.69, 9.17) is 19.7 Å². The summed E-state index contributed by atoms with van der Waals surface area (Å²) < 4.78 is 5.57. The highest BCUT2D eigenvalue weighted by Gasteiger charge is 2.27. The van der Waals surface area contributed by atoms with Crippen LogP contribution in [0.4, 0.5) is 17.3 Å². The number of aryl methyl sites for hydroxylation is 2. The summed E-state index contributed by atoms with van der Waals surface area (Å²) >= 11 is 0. The summed E-state index contributed by atoms with van der Waals surface area (Å²) in [6.45, 7) is 13.0. The Bertz CT molecular complexity index is 1340. The van der Waals surface area contributed by atoms with Crippen molar-refractivity contribution in [3.8, 4) is 11.1 Å². The van der Waals surface area contributed by atoms with Crippen molar-refractivity contribution in [2.45, 2.75) is 58.0 Å². The molecule has 0 bridgehead atoms. The Morgan fingerprint density at radius 1 is 0.902 bits per heavy atom. The minimum atomic E-state index is 0.358. The largest absolute Gasteiger partial charge is 0.381 e. The summed E-state index contributed by atoms with van der Waals surface area (Å²) in [7, 11) is 4.13. The van der Waals surface area contributed by atoms with Crippen LogP contribution in [0, 0.1) is 6.92 Å². The molecule has 5 heterocycles. The minimum Gasteiger partial charge on any atom is -0.381 e. The van der Waals surface area contributed by atoms with E-state index in [0.29, 0.717) is 6.04 Å². The number of aromatic nitrogens is 3. The highest BCUT2D eigenvalue weighted by atomic mass is 16.5. The number of fused-ring (bicyclic) bond motifs is 1. The monoisotopic (exact) mass is 558 g/mol. The number of pyridine rings is 1. The number of ether oxygens (including phenoxy) is 1. The predicted molar refractivity (Wildman–Crippen MR) is 168 cm³/mol. The lowest BCUT2D eigenvalue weighted by Crippen LogP contribution is -2.52. The van der Waals surface area contributed by atoms with Crippen molar-refractivity contribution in [2.24, 2.45) is 0 Å². The quantitative estimate of drug-likeness (QED) is 0.438. The second kappa shape index (κ2) is 12.5. The molecule has 0 spiro atoms. The maximum atomic E-state index is 5.57. The topological polar surface area (TPSA) is 81.7 Å². The Balaban J connectivity index is 1.26. The number of piperazine rings is 1. The van der Waals surface area contributed by atoms with E-state index >= 15 is 0 Å². The molecule has 0 atom stereocenters. The fourth-order valence-electron chi connectivity index (χ4n) is 6.67. The molecule has 2 N–H and O–H groups in total. The van der Waals surface area contributed by atoms with Crippen LogP contribution in [0.5, 0.6) is 0 Å². The lowest BCUT2D eigenvalue weighted by atomic mass is 9.98. The van der Waals surface area contributed by atoms with Crippen molar-refractivity contribution in [1.82, 2.24) is 24.8 Å². The molecule has 9 heteroatoms. The molecule has 0 radical (unpaired) electrons. The molecular weight excluding hydrogens is 512 g/mol. The van der Waals surface area contributed by atoms with E-state index in [9.17, 15) is 0 Å². The molecule has 9 nitrogen and oxygen atoms in total. The van der Waals surface area contributed by atoms with E-state index < -0.39 is 0 Å². The van der Waals surface area contributed by atoms with E-state index in [1.54, 1.807) is 0 Å². The van der Waals surface area contributed by atoms with Gasteiger partial charge in [0.05, 0.1) is 5.69 Å². The highest BCUT2D eigenvalue weighted by Crippen LogP contribution is 2.35. The van der Waals surface area contributed by atoms with E-state index in [2.05, 4.69) is 64.4 Å². The van der Waals surface area contributed by atoms with Gasteiger partial charge in [-0.15, -0.1) is 0 Å². The molecule has 0 amide bonds. The van der Waals surface area contributed by atoms with Crippen LogP contribution >= 0.6 is 0 Å². The van der Waals surface area contributed by atoms with Crippen LogP contribution in [-0.4, -0.2) is 103 Å². The van der Waals surface area contributed by atoms with E-state index in [1.165, 1.54) is 50.3 Å². The van der Waals surface area contributed by atoms with Gasteiger partial charge in [-0.3, -0.25) is 4.90 Å². The summed E-state index contributed by atoms with van der Waals surface area (Å²) in [6, 6.07) is 7.97. The number of anilines is 3. The third-order valence-corrected chi connectivity index (χ3v) is 9.29. The van der Waals surface area contributed by atoms with Crippen LogP contribution in [0.3, 0.4) is 0 Å². The first-order valence-corrected chi connectivity index (χ1v) is 15.5. The number of benzene rings is 1. The van der Waals surface area contributed by atoms with Gasteiger partial charge < -0.3 is 25.2 Å². The SMILES string of the molecule is CCc1nc2c(NC)ncc(-c3ccc(N4CCC(N5CCN(C)CC5)CC4)cc3C)c2nc1NC1CCOCC1. The van der Waals surface area contributed by atoms with Crippen molar-refractivity contribution >= 4 is 28.4 Å². The zero-order valence-electron chi connectivity index (χ0n) is 25.2. The Labute approximate surface area is 244 Å². The van der Waals surface area contributed by atoms with Gasteiger partial charge in [-0.05, 0) is 69.3 Å². The van der Waals surface area contributed by atoms with E-state index in [1.807, 2.05) is 13.2 Å². The summed E-state index contributed by atoms with van der Waals surface area (Å²) in [4.78, 5) is 22.8. The fraction of sp³-hybridized carbons (Fsp3) is 0.594. The Morgan fingerprint density at radius 2 is 1.66 bits per heavy atom. The van der Waals surface area contributed by atoms with Gasteiger partial charge >= 0.3 is 0 Å². The molecule has 0 aliphatic carbocycles. The number of hydrogen-bond acceptors (Lipinski definition) is 9. The lowest BCUT2D eigenvalue weighted by Gasteiger charge is -2.42. The van der Waals surface area contributed by atoms with Gasteiger partial charge in [-0.2, -0.15) is 0 Å². The number of rotatable bonds is 7. The Kier molecular flexibility index (Phi) is 8.55. The van der Waals surface area contributed by atoms with Gasteiger partial charge in [0.15, 0.2) is 5.82 Å². The molecule has 2 aromatic heterocycles. The minimum absolute atomic E-state index is 0.358. The van der Waals surface area contributed by atoms with Crippen LogP contribution < -0.4 is 15.5 Å².